The standard InChI is InChI=1S/C10H20N2O2/c1-3-10(14)9(12-8(2)13)6-4-5-7-11/h9H,3-7,11H2,1-2H3,(H,12,13). The van der Waals surface area contributed by atoms with Gasteiger partial charge in [-0.1, -0.05) is 6.92 Å². The minimum atomic E-state index is -0.316. The Balaban J connectivity index is 3.97. The Kier molecular flexibility index (Phi) is 7.02. The van der Waals surface area contributed by atoms with E-state index in [2.05, 4.69) is 5.32 Å². The lowest BCUT2D eigenvalue weighted by molar-refractivity contribution is -0.126. The molecular formula is C10H20N2O2. The van der Waals surface area contributed by atoms with E-state index in [1.54, 1.807) is 6.92 Å². The van der Waals surface area contributed by atoms with E-state index in [4.69, 9.17) is 5.73 Å². The van der Waals surface area contributed by atoms with Crippen molar-refractivity contribution in [2.24, 2.45) is 5.73 Å². The fourth-order valence-corrected chi connectivity index (χ4v) is 1.30. The second kappa shape index (κ2) is 7.50. The molecule has 3 N–H and O–H groups in total. The van der Waals surface area contributed by atoms with Crippen molar-refractivity contribution >= 4 is 11.7 Å². The van der Waals surface area contributed by atoms with Crippen LogP contribution in [0.1, 0.15) is 39.5 Å². The zero-order valence-electron chi connectivity index (χ0n) is 9.01. The summed E-state index contributed by atoms with van der Waals surface area (Å²) < 4.78 is 0. The van der Waals surface area contributed by atoms with Gasteiger partial charge in [0.05, 0.1) is 6.04 Å². The molecule has 0 heterocycles. The maximum absolute atomic E-state index is 11.4. The quantitative estimate of drug-likeness (QED) is 0.591. The van der Waals surface area contributed by atoms with Crippen molar-refractivity contribution in [1.82, 2.24) is 5.32 Å². The molecule has 14 heavy (non-hydrogen) atoms. The van der Waals surface area contributed by atoms with Gasteiger partial charge in [0.1, 0.15) is 0 Å². The Morgan fingerprint density at radius 1 is 1.36 bits per heavy atom. The molecule has 0 fully saturated rings. The molecule has 0 saturated heterocycles. The number of Topliss-reactive ketones (excluding diaryl/α,β-unsaturated/α-hetero) is 1. The minimum absolute atomic E-state index is 0.0946. The van der Waals surface area contributed by atoms with E-state index < -0.39 is 0 Å². The Labute approximate surface area is 85.2 Å². The van der Waals surface area contributed by atoms with Crippen molar-refractivity contribution in [3.63, 3.8) is 0 Å². The molecule has 1 unspecified atom stereocenters. The van der Waals surface area contributed by atoms with Gasteiger partial charge in [-0.15, -0.1) is 0 Å². The summed E-state index contributed by atoms with van der Waals surface area (Å²) in [6, 6.07) is -0.316. The monoisotopic (exact) mass is 200 g/mol. The second-order valence-corrected chi connectivity index (χ2v) is 3.36. The molecule has 0 rings (SSSR count). The topological polar surface area (TPSA) is 72.2 Å². The number of hydrogen-bond donors (Lipinski definition) is 2. The summed E-state index contributed by atoms with van der Waals surface area (Å²) >= 11 is 0. The third kappa shape index (κ3) is 5.70. The Hall–Kier alpha value is -0.900. The number of rotatable bonds is 7. The molecule has 1 atom stereocenters. The molecule has 0 aliphatic carbocycles. The molecule has 0 aliphatic heterocycles. The van der Waals surface area contributed by atoms with Crippen LogP contribution < -0.4 is 11.1 Å². The molecule has 0 aromatic carbocycles. The van der Waals surface area contributed by atoms with Gasteiger partial charge in [-0.05, 0) is 25.8 Å². The summed E-state index contributed by atoms with van der Waals surface area (Å²) in [6.07, 6.45) is 2.94. The molecule has 0 saturated carbocycles. The molecule has 1 amide bonds. The average molecular weight is 200 g/mol. The van der Waals surface area contributed by atoms with Crippen LogP contribution >= 0.6 is 0 Å². The summed E-state index contributed by atoms with van der Waals surface area (Å²) in [6.45, 7) is 3.87. The van der Waals surface area contributed by atoms with Crippen molar-refractivity contribution in [3.05, 3.63) is 0 Å². The normalized spacial score (nSPS) is 12.2. The predicted octanol–water partition coefficient (Wildman–Crippen LogP) is 0.599. The lowest BCUT2D eigenvalue weighted by Crippen LogP contribution is -2.39. The highest BCUT2D eigenvalue weighted by Crippen LogP contribution is 2.03. The lowest BCUT2D eigenvalue weighted by Gasteiger charge is -2.15. The summed E-state index contributed by atoms with van der Waals surface area (Å²) in [4.78, 5) is 22.2. The SMILES string of the molecule is CCC(=O)C(CCCCN)NC(C)=O. The van der Waals surface area contributed by atoms with Gasteiger partial charge < -0.3 is 11.1 Å². The summed E-state index contributed by atoms with van der Waals surface area (Å²) in [7, 11) is 0. The summed E-state index contributed by atoms with van der Waals surface area (Å²) in [5.74, 6) is -0.0539. The number of carbonyl (C=O) groups is 2. The zero-order valence-corrected chi connectivity index (χ0v) is 9.01. The van der Waals surface area contributed by atoms with Crippen LogP contribution in [0.3, 0.4) is 0 Å². The van der Waals surface area contributed by atoms with Gasteiger partial charge in [0.2, 0.25) is 5.91 Å². The first-order chi connectivity index (χ1) is 6.61. The highest BCUT2D eigenvalue weighted by atomic mass is 16.2. The van der Waals surface area contributed by atoms with Crippen molar-refractivity contribution in [2.45, 2.75) is 45.6 Å². The molecule has 0 aliphatic rings. The van der Waals surface area contributed by atoms with Crippen LogP contribution in [0.25, 0.3) is 0 Å². The van der Waals surface area contributed by atoms with Crippen molar-refractivity contribution in [2.75, 3.05) is 6.54 Å². The Bertz CT molecular complexity index is 193. The van der Waals surface area contributed by atoms with Gasteiger partial charge in [-0.3, -0.25) is 9.59 Å². The number of carbonyl (C=O) groups excluding carboxylic acids is 2. The van der Waals surface area contributed by atoms with Crippen LogP contribution in [-0.4, -0.2) is 24.3 Å². The van der Waals surface area contributed by atoms with E-state index in [1.165, 1.54) is 6.92 Å². The maximum Gasteiger partial charge on any atom is 0.217 e. The number of hydrogen-bond acceptors (Lipinski definition) is 3. The zero-order chi connectivity index (χ0) is 11.0. The largest absolute Gasteiger partial charge is 0.347 e. The highest BCUT2D eigenvalue weighted by molar-refractivity contribution is 5.88. The van der Waals surface area contributed by atoms with Gasteiger partial charge in [0.25, 0.3) is 0 Å². The lowest BCUT2D eigenvalue weighted by atomic mass is 10.0. The first-order valence-corrected chi connectivity index (χ1v) is 5.11. The number of nitrogens with one attached hydrogen (secondary N) is 1. The van der Waals surface area contributed by atoms with Crippen molar-refractivity contribution in [3.8, 4) is 0 Å². The first kappa shape index (κ1) is 13.1. The number of unbranched alkanes of at least 4 members (excludes halogenated alkanes) is 1. The van der Waals surface area contributed by atoms with Crippen molar-refractivity contribution in [1.29, 1.82) is 0 Å². The molecule has 0 spiro atoms. The highest BCUT2D eigenvalue weighted by Gasteiger charge is 2.16. The number of ketones is 1. The van der Waals surface area contributed by atoms with Gasteiger partial charge in [-0.25, -0.2) is 0 Å². The minimum Gasteiger partial charge on any atom is -0.347 e. The smallest absolute Gasteiger partial charge is 0.217 e. The van der Waals surface area contributed by atoms with Crippen LogP contribution in [0, 0.1) is 0 Å². The van der Waals surface area contributed by atoms with E-state index in [0.29, 0.717) is 19.4 Å². The third-order valence-corrected chi connectivity index (χ3v) is 2.06. The fraction of sp³-hybridized carbons (Fsp3) is 0.800. The van der Waals surface area contributed by atoms with Crippen LogP contribution in [0.4, 0.5) is 0 Å². The van der Waals surface area contributed by atoms with E-state index in [1.807, 2.05) is 0 Å². The van der Waals surface area contributed by atoms with Crippen LogP contribution in [-0.2, 0) is 9.59 Å². The average Bonchev–Trinajstić information content (AvgIpc) is 2.15. The molecule has 0 aromatic heterocycles. The van der Waals surface area contributed by atoms with Gasteiger partial charge in [-0.2, -0.15) is 0 Å². The Morgan fingerprint density at radius 3 is 2.43 bits per heavy atom. The van der Waals surface area contributed by atoms with Crippen molar-refractivity contribution < 1.29 is 9.59 Å². The van der Waals surface area contributed by atoms with E-state index in [0.717, 1.165) is 12.8 Å². The van der Waals surface area contributed by atoms with Gasteiger partial charge in [0, 0.05) is 13.3 Å². The second-order valence-electron chi connectivity index (χ2n) is 3.36. The predicted molar refractivity (Wildman–Crippen MR) is 55.8 cm³/mol. The van der Waals surface area contributed by atoms with Gasteiger partial charge in [0.15, 0.2) is 5.78 Å². The molecule has 4 nitrogen and oxygen atoms in total. The number of amides is 1. The molecule has 0 bridgehead atoms. The van der Waals surface area contributed by atoms with E-state index in [-0.39, 0.29) is 17.7 Å². The summed E-state index contributed by atoms with van der Waals surface area (Å²) in [5, 5.41) is 2.66. The molecular weight excluding hydrogens is 180 g/mol. The number of nitrogens with two attached hydrogens (primary N) is 1. The fourth-order valence-electron chi connectivity index (χ4n) is 1.30. The third-order valence-electron chi connectivity index (χ3n) is 2.06. The van der Waals surface area contributed by atoms with E-state index >= 15 is 0 Å². The van der Waals surface area contributed by atoms with Gasteiger partial charge >= 0.3 is 0 Å². The molecule has 82 valence electrons. The molecule has 0 radical (unpaired) electrons. The van der Waals surface area contributed by atoms with E-state index in [9.17, 15) is 9.59 Å². The Morgan fingerprint density at radius 2 is 2.00 bits per heavy atom. The van der Waals surface area contributed by atoms with Crippen LogP contribution in [0.2, 0.25) is 0 Å². The molecule has 4 heteroatoms. The maximum atomic E-state index is 11.4. The summed E-state index contributed by atoms with van der Waals surface area (Å²) in [5.41, 5.74) is 5.35. The van der Waals surface area contributed by atoms with Crippen LogP contribution in [0.5, 0.6) is 0 Å². The first-order valence-electron chi connectivity index (χ1n) is 5.11. The molecule has 0 aromatic rings. The van der Waals surface area contributed by atoms with Crippen LogP contribution in [0.15, 0.2) is 0 Å².